The Morgan fingerprint density at radius 1 is 1.50 bits per heavy atom. The van der Waals surface area contributed by atoms with Crippen molar-refractivity contribution in [2.75, 3.05) is 6.61 Å². The zero-order valence-electron chi connectivity index (χ0n) is 12.4. The van der Waals surface area contributed by atoms with Gasteiger partial charge < -0.3 is 9.16 Å². The standard InChI is InChI=1S/C14H26O3Si/c1-11(13-9-12(15)7-8-16-13)10-17-18(5,6)14(2,3)4/h7-8,11,13H,9-10H2,1-6H3/t11-,13-/m0/s1. The molecule has 1 rings (SSSR count). The largest absolute Gasteiger partial charge is 0.497 e. The number of ether oxygens (including phenoxy) is 1. The lowest BCUT2D eigenvalue weighted by Crippen LogP contribution is -2.43. The van der Waals surface area contributed by atoms with E-state index in [-0.39, 0.29) is 22.8 Å². The number of ketones is 1. The summed E-state index contributed by atoms with van der Waals surface area (Å²) in [5.41, 5.74) is 0. The van der Waals surface area contributed by atoms with Crippen molar-refractivity contribution < 1.29 is 14.0 Å². The molecule has 0 spiro atoms. The molecule has 0 bridgehead atoms. The maximum Gasteiger partial charge on any atom is 0.191 e. The minimum absolute atomic E-state index is 0.0349. The van der Waals surface area contributed by atoms with Crippen molar-refractivity contribution in [3.05, 3.63) is 12.3 Å². The van der Waals surface area contributed by atoms with Crippen LogP contribution in [0.3, 0.4) is 0 Å². The maximum atomic E-state index is 11.3. The molecule has 0 amide bonds. The molecule has 3 nitrogen and oxygen atoms in total. The fraction of sp³-hybridized carbons (Fsp3) is 0.786. The molecule has 18 heavy (non-hydrogen) atoms. The molecule has 0 aromatic rings. The van der Waals surface area contributed by atoms with Crippen LogP contribution in [0.5, 0.6) is 0 Å². The molecule has 0 aromatic heterocycles. The second-order valence-corrected chi connectivity index (χ2v) is 11.5. The van der Waals surface area contributed by atoms with Crippen LogP contribution in [0.1, 0.15) is 34.1 Å². The predicted molar refractivity (Wildman–Crippen MR) is 76.0 cm³/mol. The molecule has 0 unspecified atom stereocenters. The molecule has 1 aliphatic rings. The Labute approximate surface area is 112 Å². The summed E-state index contributed by atoms with van der Waals surface area (Å²) < 4.78 is 11.7. The lowest BCUT2D eigenvalue weighted by molar-refractivity contribution is -0.119. The van der Waals surface area contributed by atoms with E-state index < -0.39 is 8.32 Å². The van der Waals surface area contributed by atoms with Crippen LogP contribution < -0.4 is 0 Å². The lowest BCUT2D eigenvalue weighted by Gasteiger charge is -2.37. The van der Waals surface area contributed by atoms with Crippen LogP contribution in [0.4, 0.5) is 0 Å². The lowest BCUT2D eigenvalue weighted by atomic mass is 9.99. The van der Waals surface area contributed by atoms with Gasteiger partial charge in [-0.3, -0.25) is 4.79 Å². The van der Waals surface area contributed by atoms with Crippen LogP contribution in [0.25, 0.3) is 0 Å². The summed E-state index contributed by atoms with van der Waals surface area (Å²) in [6.45, 7) is 13.9. The summed E-state index contributed by atoms with van der Waals surface area (Å²) in [6, 6.07) is 0. The van der Waals surface area contributed by atoms with E-state index in [0.717, 1.165) is 0 Å². The minimum Gasteiger partial charge on any atom is -0.497 e. The molecule has 0 saturated carbocycles. The van der Waals surface area contributed by atoms with Crippen LogP contribution in [0, 0.1) is 5.92 Å². The van der Waals surface area contributed by atoms with Gasteiger partial charge in [-0.05, 0) is 18.1 Å². The fourth-order valence-corrected chi connectivity index (χ4v) is 2.64. The zero-order chi connectivity index (χ0) is 14.0. The van der Waals surface area contributed by atoms with Crippen LogP contribution in [0.15, 0.2) is 12.3 Å². The van der Waals surface area contributed by atoms with Crippen molar-refractivity contribution >= 4 is 14.1 Å². The molecule has 0 N–H and O–H groups in total. The predicted octanol–water partition coefficient (Wildman–Crippen LogP) is 3.52. The molecule has 0 aliphatic carbocycles. The van der Waals surface area contributed by atoms with Gasteiger partial charge in [-0.15, -0.1) is 0 Å². The third kappa shape index (κ3) is 3.95. The van der Waals surface area contributed by atoms with E-state index in [1.165, 1.54) is 12.3 Å². The first-order chi connectivity index (χ1) is 8.13. The van der Waals surface area contributed by atoms with Gasteiger partial charge in [-0.2, -0.15) is 0 Å². The molecule has 0 saturated heterocycles. The van der Waals surface area contributed by atoms with E-state index >= 15 is 0 Å². The molecular formula is C14H26O3Si. The Morgan fingerprint density at radius 2 is 2.11 bits per heavy atom. The van der Waals surface area contributed by atoms with Gasteiger partial charge in [-0.25, -0.2) is 0 Å². The summed E-state index contributed by atoms with van der Waals surface area (Å²) in [6.07, 6.45) is 3.45. The Balaban J connectivity index is 2.49. The summed E-state index contributed by atoms with van der Waals surface area (Å²) in [5, 5.41) is 0.218. The van der Waals surface area contributed by atoms with Crippen molar-refractivity contribution in [3.8, 4) is 0 Å². The maximum absolute atomic E-state index is 11.3. The number of carbonyl (C=O) groups is 1. The number of carbonyl (C=O) groups excluding carboxylic acids is 1. The first kappa shape index (κ1) is 15.4. The highest BCUT2D eigenvalue weighted by Crippen LogP contribution is 2.37. The van der Waals surface area contributed by atoms with Gasteiger partial charge in [0.15, 0.2) is 14.1 Å². The third-order valence-corrected chi connectivity index (χ3v) is 8.56. The highest BCUT2D eigenvalue weighted by atomic mass is 28.4. The van der Waals surface area contributed by atoms with Crippen LogP contribution in [-0.2, 0) is 14.0 Å². The molecule has 4 heteroatoms. The average Bonchev–Trinajstić information content (AvgIpc) is 2.24. The van der Waals surface area contributed by atoms with Gasteiger partial charge in [0.05, 0.1) is 6.26 Å². The van der Waals surface area contributed by atoms with E-state index in [0.29, 0.717) is 13.0 Å². The number of allylic oxidation sites excluding steroid dienone is 1. The normalized spacial score (nSPS) is 22.8. The second kappa shape index (κ2) is 5.57. The summed E-state index contributed by atoms with van der Waals surface area (Å²) in [4.78, 5) is 11.3. The molecule has 0 aromatic carbocycles. The van der Waals surface area contributed by atoms with Crippen LogP contribution in [0.2, 0.25) is 18.1 Å². The molecule has 104 valence electrons. The quantitative estimate of drug-likeness (QED) is 0.733. The molecule has 1 heterocycles. The second-order valence-electron chi connectivity index (χ2n) is 6.70. The minimum atomic E-state index is -1.71. The van der Waals surface area contributed by atoms with Gasteiger partial charge >= 0.3 is 0 Å². The zero-order valence-corrected chi connectivity index (χ0v) is 13.4. The highest BCUT2D eigenvalue weighted by molar-refractivity contribution is 6.74. The van der Waals surface area contributed by atoms with E-state index in [9.17, 15) is 4.79 Å². The van der Waals surface area contributed by atoms with Gasteiger partial charge in [0, 0.05) is 25.0 Å². The van der Waals surface area contributed by atoms with Crippen molar-refractivity contribution in [2.24, 2.45) is 5.92 Å². The van der Waals surface area contributed by atoms with E-state index in [4.69, 9.17) is 9.16 Å². The first-order valence-corrected chi connectivity index (χ1v) is 9.53. The molecule has 0 radical (unpaired) electrons. The fourth-order valence-electron chi connectivity index (χ4n) is 1.53. The SMILES string of the molecule is C[C@@H](CO[Si](C)(C)C(C)(C)C)[C@@H]1CC(=O)C=CO1. The molecule has 2 atom stereocenters. The van der Waals surface area contributed by atoms with Gasteiger partial charge in [-0.1, -0.05) is 27.7 Å². The number of hydrogen-bond acceptors (Lipinski definition) is 3. The Hall–Kier alpha value is -0.613. The monoisotopic (exact) mass is 270 g/mol. The average molecular weight is 270 g/mol. The number of rotatable bonds is 4. The third-order valence-electron chi connectivity index (χ3n) is 4.06. The van der Waals surface area contributed by atoms with Crippen LogP contribution in [-0.4, -0.2) is 26.8 Å². The molecular weight excluding hydrogens is 244 g/mol. The van der Waals surface area contributed by atoms with Gasteiger partial charge in [0.25, 0.3) is 0 Å². The van der Waals surface area contributed by atoms with E-state index in [1.807, 2.05) is 0 Å². The summed E-state index contributed by atoms with van der Waals surface area (Å²) in [5.74, 6) is 0.387. The smallest absolute Gasteiger partial charge is 0.191 e. The van der Waals surface area contributed by atoms with Crippen LogP contribution >= 0.6 is 0 Å². The Kier molecular flexibility index (Phi) is 4.78. The highest BCUT2D eigenvalue weighted by Gasteiger charge is 2.38. The summed E-state index contributed by atoms with van der Waals surface area (Å²) in [7, 11) is -1.71. The van der Waals surface area contributed by atoms with Gasteiger partial charge in [0.2, 0.25) is 0 Å². The van der Waals surface area contributed by atoms with Crippen molar-refractivity contribution in [2.45, 2.75) is 58.4 Å². The summed E-state index contributed by atoms with van der Waals surface area (Å²) >= 11 is 0. The van der Waals surface area contributed by atoms with E-state index in [2.05, 4.69) is 40.8 Å². The van der Waals surface area contributed by atoms with Crippen molar-refractivity contribution in [1.82, 2.24) is 0 Å². The topological polar surface area (TPSA) is 35.5 Å². The van der Waals surface area contributed by atoms with Crippen molar-refractivity contribution in [3.63, 3.8) is 0 Å². The van der Waals surface area contributed by atoms with E-state index in [1.54, 1.807) is 0 Å². The molecule has 0 fully saturated rings. The molecule has 1 aliphatic heterocycles. The Morgan fingerprint density at radius 3 is 2.61 bits per heavy atom. The Bertz CT molecular complexity index is 328. The first-order valence-electron chi connectivity index (χ1n) is 6.62. The van der Waals surface area contributed by atoms with Gasteiger partial charge in [0.1, 0.15) is 6.10 Å². The number of hydrogen-bond donors (Lipinski definition) is 0. The van der Waals surface area contributed by atoms with Crippen molar-refractivity contribution in [1.29, 1.82) is 0 Å².